The van der Waals surface area contributed by atoms with E-state index in [2.05, 4.69) is 56.0 Å². The number of anilines is 1. The Bertz CT molecular complexity index is 1160. The summed E-state index contributed by atoms with van der Waals surface area (Å²) in [6.45, 7) is 1.28. The summed E-state index contributed by atoms with van der Waals surface area (Å²) in [5.74, 6) is 0.0680. The van der Waals surface area contributed by atoms with Crippen LogP contribution >= 0.6 is 11.8 Å². The second-order valence-electron chi connectivity index (χ2n) is 10.4. The van der Waals surface area contributed by atoms with Crippen LogP contribution in [-0.4, -0.2) is 28.3 Å². The van der Waals surface area contributed by atoms with Crippen molar-refractivity contribution >= 4 is 29.3 Å². The molecule has 0 bridgehead atoms. The van der Waals surface area contributed by atoms with Crippen LogP contribution < -0.4 is 32.2 Å². The van der Waals surface area contributed by atoms with Crippen LogP contribution in [0.15, 0.2) is 64.5 Å². The number of aryl methyl sites for hydroxylation is 1. The number of carbonyl (C=O) groups is 2. The van der Waals surface area contributed by atoms with Crippen LogP contribution in [0.2, 0.25) is 0 Å². The molecule has 0 fully saturated rings. The Morgan fingerprint density at radius 1 is 0.810 bits per heavy atom. The number of thioether (sulfide) groups is 1. The highest BCUT2D eigenvalue weighted by Gasteiger charge is 2.11. The Labute approximate surface area is 265 Å². The SMILES string of the molecule is CSc1nnc(CNC(=O)c2cccc(NC(=O)CCCCCCCCCCCCCCC[n+]3ccccc3)c2)o1.[Br-]. The zero-order valence-corrected chi connectivity index (χ0v) is 27.3. The van der Waals surface area contributed by atoms with Gasteiger partial charge in [0.1, 0.15) is 6.54 Å². The smallest absolute Gasteiger partial charge is 0.276 e. The lowest BCUT2D eigenvalue weighted by Gasteiger charge is -2.08. The fraction of sp³-hybridized carbons (Fsp3) is 0.531. The molecule has 0 saturated heterocycles. The summed E-state index contributed by atoms with van der Waals surface area (Å²) in [7, 11) is 0. The van der Waals surface area contributed by atoms with E-state index in [9.17, 15) is 9.59 Å². The molecule has 0 radical (unpaired) electrons. The molecule has 0 spiro atoms. The molecule has 0 atom stereocenters. The zero-order valence-electron chi connectivity index (χ0n) is 24.9. The number of nitrogens with one attached hydrogen (secondary N) is 2. The summed E-state index contributed by atoms with van der Waals surface area (Å²) in [5.41, 5.74) is 1.08. The highest BCUT2D eigenvalue weighted by molar-refractivity contribution is 7.98. The van der Waals surface area contributed by atoms with Crippen LogP contribution in [0.1, 0.15) is 106 Å². The van der Waals surface area contributed by atoms with Crippen molar-refractivity contribution in [2.24, 2.45) is 0 Å². The van der Waals surface area contributed by atoms with Gasteiger partial charge in [0, 0.05) is 36.2 Å². The Hall–Kier alpha value is -2.72. The molecule has 2 N–H and O–H groups in total. The Kier molecular flexibility index (Phi) is 18.5. The maximum absolute atomic E-state index is 12.5. The van der Waals surface area contributed by atoms with Crippen LogP contribution in [0, 0.1) is 0 Å². The van der Waals surface area contributed by atoms with E-state index >= 15 is 0 Å². The standard InChI is InChI=1S/C32H45N5O3S.BrH/c1-41-32-36-35-30(40-32)26-33-31(39)27-19-18-20-28(25-27)34-29(38)21-14-11-9-7-5-3-2-4-6-8-10-12-15-22-37-23-16-13-17-24-37;/h13,16-20,23-25H,2-12,14-15,21-22,26H2,1H3,(H-,33,34,38,39);1H. The maximum atomic E-state index is 12.5. The first kappa shape index (κ1) is 35.5. The highest BCUT2D eigenvalue weighted by Crippen LogP contribution is 2.15. The predicted octanol–water partition coefficient (Wildman–Crippen LogP) is 4.11. The summed E-state index contributed by atoms with van der Waals surface area (Å²) >= 11 is 1.35. The van der Waals surface area contributed by atoms with E-state index in [0.29, 0.717) is 28.8 Å². The van der Waals surface area contributed by atoms with E-state index in [1.807, 2.05) is 6.26 Å². The van der Waals surface area contributed by atoms with Crippen molar-refractivity contribution in [2.75, 3.05) is 11.6 Å². The van der Waals surface area contributed by atoms with Gasteiger partial charge < -0.3 is 32.0 Å². The number of aromatic nitrogens is 3. The van der Waals surface area contributed by atoms with Gasteiger partial charge in [0.05, 0.1) is 6.54 Å². The first-order valence-corrected chi connectivity index (χ1v) is 16.3. The monoisotopic (exact) mass is 659 g/mol. The van der Waals surface area contributed by atoms with E-state index in [-0.39, 0.29) is 35.3 Å². The van der Waals surface area contributed by atoms with Crippen molar-refractivity contribution in [2.45, 2.75) is 108 Å². The van der Waals surface area contributed by atoms with Crippen LogP contribution in [0.25, 0.3) is 0 Å². The Morgan fingerprint density at radius 3 is 2.05 bits per heavy atom. The quantitative estimate of drug-likeness (QED) is 0.101. The molecule has 8 nitrogen and oxygen atoms in total. The van der Waals surface area contributed by atoms with Gasteiger partial charge in [-0.1, -0.05) is 88.1 Å². The molecule has 42 heavy (non-hydrogen) atoms. The zero-order chi connectivity index (χ0) is 29.0. The number of hydrogen-bond acceptors (Lipinski definition) is 6. The molecule has 0 saturated carbocycles. The highest BCUT2D eigenvalue weighted by atomic mass is 79.9. The van der Waals surface area contributed by atoms with E-state index in [1.54, 1.807) is 24.3 Å². The summed E-state index contributed by atoms with van der Waals surface area (Å²) in [4.78, 5) is 24.8. The molecule has 230 valence electrons. The third kappa shape index (κ3) is 15.0. The van der Waals surface area contributed by atoms with Gasteiger partial charge in [-0.05, 0) is 37.3 Å². The maximum Gasteiger partial charge on any atom is 0.276 e. The van der Waals surface area contributed by atoms with Crippen molar-refractivity contribution in [3.63, 3.8) is 0 Å². The first-order chi connectivity index (χ1) is 20.1. The first-order valence-electron chi connectivity index (χ1n) is 15.1. The fourth-order valence-electron chi connectivity index (χ4n) is 4.72. The van der Waals surface area contributed by atoms with Crippen LogP contribution in [0.3, 0.4) is 0 Å². The number of pyridine rings is 1. The minimum Gasteiger partial charge on any atom is -1.00 e. The second-order valence-corrected chi connectivity index (χ2v) is 11.2. The largest absolute Gasteiger partial charge is 1.00 e. The van der Waals surface area contributed by atoms with Crippen molar-refractivity contribution in [1.29, 1.82) is 0 Å². The number of benzene rings is 1. The lowest BCUT2D eigenvalue weighted by molar-refractivity contribution is -0.697. The molecule has 3 rings (SSSR count). The molecule has 2 aromatic heterocycles. The second kappa shape index (κ2) is 21.9. The fourth-order valence-corrected chi connectivity index (χ4v) is 5.02. The molecule has 0 aliphatic rings. The lowest BCUT2D eigenvalue weighted by Crippen LogP contribution is -3.00. The number of amides is 2. The van der Waals surface area contributed by atoms with E-state index in [1.165, 1.54) is 82.4 Å². The predicted molar refractivity (Wildman–Crippen MR) is 164 cm³/mol. The summed E-state index contributed by atoms with van der Waals surface area (Å²) in [6.07, 6.45) is 23.0. The molecular formula is C32H46BrN5O3S. The Balaban J connectivity index is 0.00000616. The van der Waals surface area contributed by atoms with Crippen molar-refractivity contribution in [1.82, 2.24) is 15.5 Å². The molecular weight excluding hydrogens is 614 g/mol. The van der Waals surface area contributed by atoms with Crippen molar-refractivity contribution in [3.8, 4) is 0 Å². The molecule has 2 amide bonds. The number of rotatable bonds is 21. The third-order valence-corrected chi connectivity index (χ3v) is 7.54. The number of unbranched alkanes of at least 4 members (excludes halogenated alkanes) is 12. The summed E-state index contributed by atoms with van der Waals surface area (Å²) < 4.78 is 7.64. The third-order valence-electron chi connectivity index (χ3n) is 7.03. The number of nitrogens with zero attached hydrogens (tertiary/aromatic N) is 3. The van der Waals surface area contributed by atoms with Gasteiger partial charge in [0.15, 0.2) is 12.4 Å². The summed E-state index contributed by atoms with van der Waals surface area (Å²) in [5, 5.41) is 13.9. The van der Waals surface area contributed by atoms with Gasteiger partial charge >= 0.3 is 0 Å². The van der Waals surface area contributed by atoms with Crippen molar-refractivity contribution in [3.05, 3.63) is 66.3 Å². The van der Waals surface area contributed by atoms with Gasteiger partial charge in [-0.2, -0.15) is 0 Å². The number of hydrogen-bond donors (Lipinski definition) is 2. The van der Waals surface area contributed by atoms with Crippen molar-refractivity contribution < 1.29 is 35.6 Å². The topological polar surface area (TPSA) is 101 Å². The van der Waals surface area contributed by atoms with Gasteiger partial charge in [0.25, 0.3) is 11.1 Å². The van der Waals surface area contributed by atoms with Gasteiger partial charge in [-0.15, -0.1) is 10.2 Å². The molecule has 3 aromatic rings. The van der Waals surface area contributed by atoms with Gasteiger partial charge in [0.2, 0.25) is 11.8 Å². The molecule has 10 heteroatoms. The molecule has 2 heterocycles. The molecule has 1 aromatic carbocycles. The minimum atomic E-state index is -0.265. The van der Waals surface area contributed by atoms with Crippen LogP contribution in [0.4, 0.5) is 5.69 Å². The number of carbonyl (C=O) groups excluding carboxylic acids is 2. The molecule has 0 aliphatic heterocycles. The minimum absolute atomic E-state index is 0. The normalized spacial score (nSPS) is 10.7. The van der Waals surface area contributed by atoms with Crippen LogP contribution in [0.5, 0.6) is 0 Å². The molecule has 0 unspecified atom stereocenters. The van der Waals surface area contributed by atoms with E-state index in [4.69, 9.17) is 4.42 Å². The van der Waals surface area contributed by atoms with Crippen LogP contribution in [-0.2, 0) is 17.9 Å². The average molecular weight is 661 g/mol. The van der Waals surface area contributed by atoms with Gasteiger partial charge in [-0.25, -0.2) is 4.57 Å². The number of halogens is 1. The van der Waals surface area contributed by atoms with Gasteiger partial charge in [-0.3, -0.25) is 9.59 Å². The van der Waals surface area contributed by atoms with E-state index in [0.717, 1.165) is 19.4 Å². The molecule has 0 aliphatic carbocycles. The van der Waals surface area contributed by atoms with E-state index < -0.39 is 0 Å². The average Bonchev–Trinajstić information content (AvgIpc) is 3.47. The lowest BCUT2D eigenvalue weighted by atomic mass is 10.0. The summed E-state index contributed by atoms with van der Waals surface area (Å²) in [6, 6.07) is 13.2. The Morgan fingerprint density at radius 2 is 1.43 bits per heavy atom.